The Kier molecular flexibility index (Phi) is 6.15. The van der Waals surface area contributed by atoms with Crippen LogP contribution in [0.25, 0.3) is 28.0 Å². The van der Waals surface area contributed by atoms with Gasteiger partial charge in [0.25, 0.3) is 5.56 Å². The first-order valence-electron chi connectivity index (χ1n) is 11.5. The van der Waals surface area contributed by atoms with Crippen molar-refractivity contribution < 1.29 is 21.6 Å². The highest BCUT2D eigenvalue weighted by Gasteiger charge is 2.28. The highest BCUT2D eigenvalue weighted by molar-refractivity contribution is 7.91. The van der Waals surface area contributed by atoms with E-state index in [1.54, 1.807) is 13.0 Å². The SMILES string of the molecule is Cc1cc(F)ccc1-c1nc(CCC2CCS(=O)(=O)C2)nc2c1ccc(=O)n2-c1c(F)cccc1F. The summed E-state index contributed by atoms with van der Waals surface area (Å²) in [7, 11) is -3.06. The Morgan fingerprint density at radius 3 is 2.44 bits per heavy atom. The molecule has 1 aliphatic rings. The van der Waals surface area contributed by atoms with Crippen LogP contribution in [0.3, 0.4) is 0 Å². The van der Waals surface area contributed by atoms with Crippen molar-refractivity contribution >= 4 is 20.9 Å². The number of para-hydroxylation sites is 1. The third kappa shape index (κ3) is 4.53. The number of benzene rings is 2. The number of halogens is 3. The predicted molar refractivity (Wildman–Crippen MR) is 130 cm³/mol. The highest BCUT2D eigenvalue weighted by atomic mass is 32.2. The van der Waals surface area contributed by atoms with E-state index >= 15 is 0 Å². The quantitative estimate of drug-likeness (QED) is 0.391. The van der Waals surface area contributed by atoms with Gasteiger partial charge in [-0.25, -0.2) is 31.6 Å². The maximum atomic E-state index is 14.8. The molecule has 1 aliphatic heterocycles. The molecule has 36 heavy (non-hydrogen) atoms. The van der Waals surface area contributed by atoms with Gasteiger partial charge in [-0.15, -0.1) is 0 Å². The fourth-order valence-corrected chi connectivity index (χ4v) is 6.63. The number of aromatic nitrogens is 3. The third-order valence-corrected chi connectivity index (χ3v) is 8.34. The summed E-state index contributed by atoms with van der Waals surface area (Å²) in [6.07, 6.45) is 1.34. The van der Waals surface area contributed by atoms with Crippen LogP contribution in [-0.4, -0.2) is 34.5 Å². The van der Waals surface area contributed by atoms with E-state index in [9.17, 15) is 26.4 Å². The smallest absolute Gasteiger partial charge is 0.256 e. The molecule has 0 saturated carbocycles. The monoisotopic (exact) mass is 513 g/mol. The molecule has 0 aliphatic carbocycles. The van der Waals surface area contributed by atoms with Crippen molar-refractivity contribution in [3.05, 3.63) is 87.7 Å². The van der Waals surface area contributed by atoms with Crippen LogP contribution >= 0.6 is 0 Å². The lowest BCUT2D eigenvalue weighted by Crippen LogP contribution is -2.21. The molecule has 1 unspecified atom stereocenters. The van der Waals surface area contributed by atoms with Crippen LogP contribution in [-0.2, 0) is 16.3 Å². The molecule has 5 rings (SSSR count). The number of aryl methyl sites for hydroxylation is 2. The van der Waals surface area contributed by atoms with E-state index in [1.165, 1.54) is 30.3 Å². The van der Waals surface area contributed by atoms with Gasteiger partial charge in [0.1, 0.15) is 29.0 Å². The van der Waals surface area contributed by atoms with Crippen molar-refractivity contribution in [2.24, 2.45) is 5.92 Å². The second kappa shape index (κ2) is 9.16. The van der Waals surface area contributed by atoms with Gasteiger partial charge in [-0.3, -0.25) is 9.36 Å². The van der Waals surface area contributed by atoms with Crippen molar-refractivity contribution in [1.29, 1.82) is 0 Å². The topological polar surface area (TPSA) is 81.9 Å². The van der Waals surface area contributed by atoms with Gasteiger partial charge in [-0.2, -0.15) is 0 Å². The van der Waals surface area contributed by atoms with Crippen LogP contribution in [0.15, 0.2) is 53.3 Å². The van der Waals surface area contributed by atoms with Gasteiger partial charge in [0, 0.05) is 23.4 Å². The molecule has 4 aromatic rings. The normalized spacial score (nSPS) is 17.1. The second-order valence-electron chi connectivity index (χ2n) is 9.07. The number of sulfone groups is 1. The van der Waals surface area contributed by atoms with Gasteiger partial charge in [-0.05, 0) is 67.6 Å². The van der Waals surface area contributed by atoms with E-state index in [-0.39, 0.29) is 23.1 Å². The molecule has 6 nitrogen and oxygen atoms in total. The van der Waals surface area contributed by atoms with E-state index in [0.717, 1.165) is 16.7 Å². The Balaban J connectivity index is 1.73. The van der Waals surface area contributed by atoms with E-state index in [1.807, 2.05) is 0 Å². The molecule has 3 heterocycles. The van der Waals surface area contributed by atoms with Crippen LogP contribution in [0.4, 0.5) is 13.2 Å². The zero-order chi connectivity index (χ0) is 25.6. The maximum Gasteiger partial charge on any atom is 0.256 e. The fourth-order valence-electron chi connectivity index (χ4n) is 4.72. The number of hydrogen-bond donors (Lipinski definition) is 0. The first-order valence-corrected chi connectivity index (χ1v) is 13.3. The Bertz CT molecular complexity index is 1650. The van der Waals surface area contributed by atoms with Crippen molar-refractivity contribution in [1.82, 2.24) is 14.5 Å². The summed E-state index contributed by atoms with van der Waals surface area (Å²) in [5.41, 5.74) is 0.317. The zero-order valence-corrected chi connectivity index (χ0v) is 20.2. The van der Waals surface area contributed by atoms with Crippen molar-refractivity contribution in [3.8, 4) is 16.9 Å². The first-order chi connectivity index (χ1) is 17.1. The largest absolute Gasteiger partial charge is 0.269 e. The fraction of sp³-hybridized carbons (Fsp3) is 0.269. The molecule has 2 aromatic carbocycles. The molecule has 1 fully saturated rings. The molecular formula is C26H22F3N3O3S. The average Bonchev–Trinajstić information content (AvgIpc) is 3.17. The van der Waals surface area contributed by atoms with Gasteiger partial charge in [0.05, 0.1) is 17.2 Å². The highest BCUT2D eigenvalue weighted by Crippen LogP contribution is 2.31. The van der Waals surface area contributed by atoms with Crippen LogP contribution in [0.5, 0.6) is 0 Å². The average molecular weight is 514 g/mol. The summed E-state index contributed by atoms with van der Waals surface area (Å²) >= 11 is 0. The molecule has 0 N–H and O–H groups in total. The number of rotatable bonds is 5. The maximum absolute atomic E-state index is 14.8. The molecule has 0 radical (unpaired) electrons. The van der Waals surface area contributed by atoms with Crippen LogP contribution in [0.1, 0.15) is 24.2 Å². The van der Waals surface area contributed by atoms with E-state index in [2.05, 4.69) is 9.97 Å². The molecule has 1 saturated heterocycles. The lowest BCUT2D eigenvalue weighted by Gasteiger charge is -2.16. The third-order valence-electron chi connectivity index (χ3n) is 6.50. The van der Waals surface area contributed by atoms with Gasteiger partial charge in [-0.1, -0.05) is 6.07 Å². The van der Waals surface area contributed by atoms with Gasteiger partial charge in [0.15, 0.2) is 15.5 Å². The molecule has 186 valence electrons. The van der Waals surface area contributed by atoms with E-state index < -0.39 is 38.5 Å². The standard InChI is InChI=1S/C26H22F3N3O3S/c1-15-13-17(27)6-7-18(15)24-19-8-10-23(33)32(25-20(28)3-2-4-21(25)29)26(19)31-22(30-24)9-5-16-11-12-36(34,35)14-16/h2-4,6-8,10,13,16H,5,9,11-12,14H2,1H3. The van der Waals surface area contributed by atoms with Gasteiger partial charge < -0.3 is 0 Å². The van der Waals surface area contributed by atoms with Gasteiger partial charge >= 0.3 is 0 Å². The number of hydrogen-bond acceptors (Lipinski definition) is 5. The van der Waals surface area contributed by atoms with Crippen molar-refractivity contribution in [3.63, 3.8) is 0 Å². The Morgan fingerprint density at radius 1 is 1.03 bits per heavy atom. The van der Waals surface area contributed by atoms with Crippen LogP contribution in [0.2, 0.25) is 0 Å². The summed E-state index contributed by atoms with van der Waals surface area (Å²) in [5.74, 6) is -1.81. The lowest BCUT2D eigenvalue weighted by molar-refractivity contribution is 0.534. The molecule has 0 spiro atoms. The molecule has 0 bridgehead atoms. The number of fused-ring (bicyclic) bond motifs is 1. The minimum absolute atomic E-state index is 0.00858. The predicted octanol–water partition coefficient (Wildman–Crippen LogP) is 4.54. The minimum atomic E-state index is -3.06. The Hall–Kier alpha value is -3.53. The second-order valence-corrected chi connectivity index (χ2v) is 11.3. The van der Waals surface area contributed by atoms with Crippen LogP contribution < -0.4 is 5.56 Å². The molecule has 10 heteroatoms. The molecule has 0 amide bonds. The number of pyridine rings is 1. The van der Waals surface area contributed by atoms with Crippen molar-refractivity contribution in [2.75, 3.05) is 11.5 Å². The zero-order valence-electron chi connectivity index (χ0n) is 19.3. The molecular weight excluding hydrogens is 491 g/mol. The summed E-state index contributed by atoms with van der Waals surface area (Å²) in [6.45, 7) is 1.71. The van der Waals surface area contributed by atoms with Gasteiger partial charge in [0.2, 0.25) is 0 Å². The first kappa shape index (κ1) is 24.2. The summed E-state index contributed by atoms with van der Waals surface area (Å²) in [4.78, 5) is 22.1. The summed E-state index contributed by atoms with van der Waals surface area (Å²) < 4.78 is 68.0. The Morgan fingerprint density at radius 2 is 1.78 bits per heavy atom. The molecule has 1 atom stereocenters. The van der Waals surface area contributed by atoms with Crippen molar-refractivity contribution in [2.45, 2.75) is 26.2 Å². The lowest BCUT2D eigenvalue weighted by atomic mass is 10.0. The minimum Gasteiger partial charge on any atom is -0.269 e. The van der Waals surface area contributed by atoms with E-state index in [4.69, 9.17) is 0 Å². The van der Waals surface area contributed by atoms with E-state index in [0.29, 0.717) is 47.3 Å². The van der Waals surface area contributed by atoms with Crippen LogP contribution in [0, 0.1) is 30.3 Å². The summed E-state index contributed by atoms with van der Waals surface area (Å²) in [6, 6.07) is 10.2. The number of nitrogens with zero attached hydrogens (tertiary/aromatic N) is 3. The molecule has 2 aromatic heterocycles. The Labute approximate surface area is 205 Å². The summed E-state index contributed by atoms with van der Waals surface area (Å²) in [5, 5.41) is 0.360.